The van der Waals surface area contributed by atoms with E-state index in [1.807, 2.05) is 31.2 Å². The lowest BCUT2D eigenvalue weighted by Crippen LogP contribution is -2.53. The highest BCUT2D eigenvalue weighted by Gasteiger charge is 2.36. The normalized spacial score (nSPS) is 13.5. The number of nitrogens with two attached hydrogens (primary N) is 1. The summed E-state index contributed by atoms with van der Waals surface area (Å²) in [4.78, 5) is 13.9. The van der Waals surface area contributed by atoms with Gasteiger partial charge in [0.2, 0.25) is 0 Å². The van der Waals surface area contributed by atoms with Crippen LogP contribution in [0.15, 0.2) is 24.3 Å². The van der Waals surface area contributed by atoms with Gasteiger partial charge in [-0.15, -0.1) is 0 Å². The molecule has 0 saturated heterocycles. The van der Waals surface area contributed by atoms with E-state index in [0.29, 0.717) is 16.3 Å². The van der Waals surface area contributed by atoms with E-state index in [1.54, 1.807) is 0 Å². The zero-order valence-corrected chi connectivity index (χ0v) is 29.9. The van der Waals surface area contributed by atoms with E-state index in [1.165, 1.54) is 128 Å². The van der Waals surface area contributed by atoms with Crippen LogP contribution in [0.4, 0.5) is 0 Å². The van der Waals surface area contributed by atoms with E-state index in [9.17, 15) is 4.79 Å². The van der Waals surface area contributed by atoms with Gasteiger partial charge < -0.3 is 4.74 Å². The van der Waals surface area contributed by atoms with Gasteiger partial charge in [-0.05, 0) is 56.9 Å². The van der Waals surface area contributed by atoms with Crippen molar-refractivity contribution in [3.63, 3.8) is 0 Å². The second kappa shape index (κ2) is 23.0. The molecule has 1 atom stereocenters. The van der Waals surface area contributed by atoms with Crippen LogP contribution in [0.2, 0.25) is 0 Å². The summed E-state index contributed by atoms with van der Waals surface area (Å²) in [7, 11) is 4.28. The van der Waals surface area contributed by atoms with E-state index in [0.717, 1.165) is 18.4 Å². The largest absolute Gasteiger partial charge is 0.473 e. The van der Waals surface area contributed by atoms with Crippen LogP contribution in [-0.2, 0) is 0 Å². The van der Waals surface area contributed by atoms with Crippen molar-refractivity contribution in [3.05, 3.63) is 29.8 Å². The third-order valence-corrected chi connectivity index (χ3v) is 9.80. The monoisotopic (exact) mass is 602 g/mol. The summed E-state index contributed by atoms with van der Waals surface area (Å²) in [5.74, 6) is 1.10. The second-order valence-electron chi connectivity index (χ2n) is 14.4. The Morgan fingerprint density at radius 2 is 1.02 bits per heavy atom. The van der Waals surface area contributed by atoms with Gasteiger partial charge in [0, 0.05) is 5.92 Å². The van der Waals surface area contributed by atoms with Gasteiger partial charge in [0.15, 0.2) is 5.72 Å². The van der Waals surface area contributed by atoms with Crippen molar-refractivity contribution < 1.29 is 14.0 Å². The first-order chi connectivity index (χ1) is 20.6. The van der Waals surface area contributed by atoms with Gasteiger partial charge in [0.25, 0.3) is 0 Å². The molecule has 1 amide bonds. The van der Waals surface area contributed by atoms with Crippen LogP contribution < -0.4 is 10.5 Å². The lowest BCUT2D eigenvalue weighted by Gasteiger charge is -2.36. The molecule has 2 N–H and O–H groups in total. The molecule has 0 spiro atoms. The summed E-state index contributed by atoms with van der Waals surface area (Å²) in [6, 6.07) is 8.01. The van der Waals surface area contributed by atoms with Gasteiger partial charge in [-0.1, -0.05) is 143 Å². The van der Waals surface area contributed by atoms with Crippen molar-refractivity contribution in [1.82, 2.24) is 0 Å². The minimum absolute atomic E-state index is 0.182. The molecule has 1 unspecified atom stereocenters. The smallest absolute Gasteiger partial charge is 0.345 e. The SMILES string of the molecule is CCCCCCCCCCCCC(CCCCCCCCCCCC)[N+](C)(C)C(=O)c1ccc(OC(C)(N)C(C)C)cc1. The highest BCUT2D eigenvalue weighted by atomic mass is 16.5. The predicted molar refractivity (Wildman–Crippen MR) is 188 cm³/mol. The number of carbonyl (C=O) groups is 1. The first-order valence-corrected chi connectivity index (χ1v) is 18.5. The van der Waals surface area contributed by atoms with Gasteiger partial charge in [-0.25, -0.2) is 4.79 Å². The fraction of sp³-hybridized carbons (Fsp3) is 0.821. The Kier molecular flexibility index (Phi) is 21.2. The molecule has 0 saturated carbocycles. The number of quaternary nitrogens is 1. The van der Waals surface area contributed by atoms with Gasteiger partial charge >= 0.3 is 5.91 Å². The van der Waals surface area contributed by atoms with Crippen molar-refractivity contribution in [1.29, 1.82) is 0 Å². The third kappa shape index (κ3) is 17.0. The highest BCUT2D eigenvalue weighted by Crippen LogP contribution is 2.27. The number of hydrogen-bond donors (Lipinski definition) is 1. The summed E-state index contributed by atoms with van der Waals surface area (Å²) < 4.78 is 6.45. The van der Waals surface area contributed by atoms with E-state index in [-0.39, 0.29) is 11.8 Å². The van der Waals surface area contributed by atoms with Crippen molar-refractivity contribution >= 4 is 5.91 Å². The molecule has 0 fully saturated rings. The molecule has 1 aromatic carbocycles. The third-order valence-electron chi connectivity index (χ3n) is 9.80. The molecule has 0 heterocycles. The number of unbranched alkanes of at least 4 members (excludes halogenated alkanes) is 18. The quantitative estimate of drug-likeness (QED) is 0.0620. The van der Waals surface area contributed by atoms with Gasteiger partial charge in [-0.2, -0.15) is 0 Å². The highest BCUT2D eigenvalue weighted by molar-refractivity contribution is 5.89. The Labute approximate surface area is 268 Å². The second-order valence-corrected chi connectivity index (χ2v) is 14.4. The number of carbonyl (C=O) groups excluding carboxylic acids is 1. The summed E-state index contributed by atoms with van der Waals surface area (Å²) >= 11 is 0. The Morgan fingerprint density at radius 1 is 0.674 bits per heavy atom. The number of rotatable bonds is 27. The number of ether oxygens (including phenoxy) is 1. The maximum atomic E-state index is 13.9. The van der Waals surface area contributed by atoms with Crippen LogP contribution in [0.1, 0.15) is 186 Å². The Hall–Kier alpha value is -1.39. The summed E-state index contributed by atoms with van der Waals surface area (Å²) in [6.45, 7) is 10.6. The van der Waals surface area contributed by atoms with E-state index >= 15 is 0 Å². The van der Waals surface area contributed by atoms with Crippen LogP contribution in [0.5, 0.6) is 5.75 Å². The fourth-order valence-corrected chi connectivity index (χ4v) is 6.06. The average Bonchev–Trinajstić information content (AvgIpc) is 2.97. The maximum Gasteiger partial charge on any atom is 0.345 e. The molecular formula is C39H73N2O2+. The molecule has 1 aromatic rings. The molecule has 0 aromatic heterocycles. The molecule has 4 heteroatoms. The maximum absolute atomic E-state index is 13.9. The molecule has 43 heavy (non-hydrogen) atoms. The number of hydrogen-bond acceptors (Lipinski definition) is 3. The molecule has 250 valence electrons. The van der Waals surface area contributed by atoms with Crippen molar-refractivity contribution in [2.24, 2.45) is 11.7 Å². The van der Waals surface area contributed by atoms with Crippen LogP contribution in [0.25, 0.3) is 0 Å². The van der Waals surface area contributed by atoms with Gasteiger partial charge in [0.1, 0.15) is 5.75 Å². The van der Waals surface area contributed by atoms with E-state index < -0.39 is 5.72 Å². The van der Waals surface area contributed by atoms with E-state index in [4.69, 9.17) is 10.5 Å². The summed E-state index contributed by atoms with van der Waals surface area (Å²) in [5.41, 5.74) is 6.35. The van der Waals surface area contributed by atoms with Crippen LogP contribution in [0.3, 0.4) is 0 Å². The lowest BCUT2D eigenvalue weighted by atomic mass is 9.96. The molecule has 0 aliphatic heterocycles. The first kappa shape index (κ1) is 39.6. The zero-order valence-electron chi connectivity index (χ0n) is 29.9. The Morgan fingerprint density at radius 3 is 1.37 bits per heavy atom. The lowest BCUT2D eigenvalue weighted by molar-refractivity contribution is -0.836. The molecule has 0 radical (unpaired) electrons. The predicted octanol–water partition coefficient (Wildman–Crippen LogP) is 11.6. The fourth-order valence-electron chi connectivity index (χ4n) is 6.06. The molecular weight excluding hydrogens is 528 g/mol. The average molecular weight is 602 g/mol. The molecule has 1 rings (SSSR count). The van der Waals surface area contributed by atoms with Gasteiger partial charge in [0.05, 0.1) is 25.7 Å². The van der Waals surface area contributed by atoms with Crippen molar-refractivity contribution in [2.75, 3.05) is 14.1 Å². The van der Waals surface area contributed by atoms with Crippen LogP contribution in [0, 0.1) is 5.92 Å². The topological polar surface area (TPSA) is 52.3 Å². The van der Waals surface area contributed by atoms with Crippen molar-refractivity contribution in [3.8, 4) is 5.75 Å². The number of amides is 1. The van der Waals surface area contributed by atoms with Crippen molar-refractivity contribution in [2.45, 2.75) is 188 Å². The van der Waals surface area contributed by atoms with Gasteiger partial charge in [-0.3, -0.25) is 10.2 Å². The molecule has 0 bridgehead atoms. The molecule has 0 aliphatic carbocycles. The standard InChI is InChI=1S/C39H73N2O2/c1-8-10-12-14-16-18-20-22-24-26-28-36(29-27-25-23-21-19-17-15-13-11-9-2)41(6,7)38(42)35-30-32-37(33-31-35)43-39(5,40)34(3)4/h30-34,36H,8-29,40H2,1-7H3/q+1. The minimum atomic E-state index is -0.740. The number of benzene rings is 1. The van der Waals surface area contributed by atoms with E-state index in [2.05, 4.69) is 41.8 Å². The molecule has 4 nitrogen and oxygen atoms in total. The Bertz CT molecular complexity index is 791. The first-order valence-electron chi connectivity index (χ1n) is 18.5. The number of nitrogens with zero attached hydrogens (tertiary/aromatic N) is 1. The molecule has 0 aliphatic rings. The minimum Gasteiger partial charge on any atom is -0.473 e. The summed E-state index contributed by atoms with van der Waals surface area (Å²) in [6.07, 6.45) is 29.3. The van der Waals surface area contributed by atoms with Crippen LogP contribution in [-0.4, -0.2) is 36.3 Å². The summed E-state index contributed by atoms with van der Waals surface area (Å²) in [5, 5.41) is 0. The zero-order chi connectivity index (χ0) is 32.0. The van der Waals surface area contributed by atoms with Crippen LogP contribution >= 0.6 is 0 Å². The Balaban J connectivity index is 2.67.